The molecule has 0 fully saturated rings. The Kier molecular flexibility index (Phi) is 10.6. The lowest BCUT2D eigenvalue weighted by Crippen LogP contribution is -2.49. The minimum absolute atomic E-state index is 0.198. The smallest absolute Gasteiger partial charge is 0.464 e. The van der Waals surface area contributed by atoms with Crippen molar-refractivity contribution in [3.05, 3.63) is 42.0 Å². The molecule has 42 heavy (non-hydrogen) atoms. The zero-order valence-corrected chi connectivity index (χ0v) is 25.3. The van der Waals surface area contributed by atoms with Gasteiger partial charge >= 0.3 is 12.3 Å². The number of hydrogen-bond donors (Lipinski definition) is 3. The summed E-state index contributed by atoms with van der Waals surface area (Å²) in [5.41, 5.74) is 6.52. The Morgan fingerprint density at radius 1 is 1.19 bits per heavy atom. The molecule has 2 heterocycles. The fraction of sp³-hybridized carbons (Fsp3) is 0.538. The molecule has 0 aliphatic heterocycles. The SMILES string of the molecule is CCCOC(=O)C(C)(C)NP(=O)(CO[C@@H](C)Cn1cnc2c(N)ncnc21)N[C@H](C)c1ccc(OC(F)(F)F)cc1C. The third-order valence-corrected chi connectivity index (χ3v) is 8.41. The summed E-state index contributed by atoms with van der Waals surface area (Å²) in [6.07, 6.45) is -2.15. The number of nitrogen functional groups attached to an aromatic ring is 1. The summed E-state index contributed by atoms with van der Waals surface area (Å²) in [5.74, 6) is -0.725. The maximum absolute atomic E-state index is 14.3. The first-order valence-corrected chi connectivity index (χ1v) is 15.2. The van der Waals surface area contributed by atoms with Gasteiger partial charge in [0.15, 0.2) is 11.5 Å². The number of carbonyl (C=O) groups is 1. The van der Waals surface area contributed by atoms with Crippen LogP contribution in [0.5, 0.6) is 5.75 Å². The van der Waals surface area contributed by atoms with E-state index < -0.39 is 37.5 Å². The maximum atomic E-state index is 14.3. The fourth-order valence-electron chi connectivity index (χ4n) is 4.28. The number of nitrogens with two attached hydrogens (primary N) is 1. The van der Waals surface area contributed by atoms with Crippen molar-refractivity contribution in [3.8, 4) is 5.75 Å². The van der Waals surface area contributed by atoms with Crippen molar-refractivity contribution < 1.29 is 36.7 Å². The first kappa shape index (κ1) is 33.2. The number of nitrogens with one attached hydrogen (secondary N) is 2. The predicted molar refractivity (Wildman–Crippen MR) is 151 cm³/mol. The molecule has 0 amide bonds. The number of alkyl halides is 3. The molecule has 0 aliphatic carbocycles. The average molecular weight is 616 g/mol. The monoisotopic (exact) mass is 615 g/mol. The molecular formula is C26H37F3N7O5P. The number of fused-ring (bicyclic) bond motifs is 1. The number of imidazole rings is 1. The number of aryl methyl sites for hydroxylation is 1. The topological polar surface area (TPSA) is 156 Å². The first-order chi connectivity index (χ1) is 19.5. The van der Waals surface area contributed by atoms with Crippen molar-refractivity contribution in [2.24, 2.45) is 0 Å². The minimum atomic E-state index is -4.83. The van der Waals surface area contributed by atoms with Gasteiger partial charge in [-0.2, -0.15) is 0 Å². The number of nitrogens with zero attached hydrogens (tertiary/aromatic N) is 4. The lowest BCUT2D eigenvalue weighted by molar-refractivity contribution is -0.274. The van der Waals surface area contributed by atoms with Gasteiger partial charge in [0.25, 0.3) is 0 Å². The highest BCUT2D eigenvalue weighted by Crippen LogP contribution is 2.43. The Labute approximate surface area is 242 Å². The number of carbonyl (C=O) groups excluding carboxylic acids is 1. The van der Waals surface area contributed by atoms with E-state index in [0.717, 1.165) is 0 Å². The van der Waals surface area contributed by atoms with E-state index >= 15 is 0 Å². The summed E-state index contributed by atoms with van der Waals surface area (Å²) < 4.78 is 69.4. The van der Waals surface area contributed by atoms with Crippen LogP contribution in [0.2, 0.25) is 0 Å². The number of aromatic nitrogens is 4. The molecule has 2 aromatic heterocycles. The van der Waals surface area contributed by atoms with Gasteiger partial charge in [0.1, 0.15) is 29.5 Å². The van der Waals surface area contributed by atoms with Crippen LogP contribution in [-0.4, -0.2) is 56.4 Å². The van der Waals surface area contributed by atoms with E-state index in [-0.39, 0.29) is 24.5 Å². The summed E-state index contributed by atoms with van der Waals surface area (Å²) in [7, 11) is -3.72. The van der Waals surface area contributed by atoms with Crippen LogP contribution in [0.25, 0.3) is 11.2 Å². The lowest BCUT2D eigenvalue weighted by atomic mass is 10.0. The van der Waals surface area contributed by atoms with E-state index in [0.29, 0.717) is 35.3 Å². The van der Waals surface area contributed by atoms with E-state index in [4.69, 9.17) is 15.2 Å². The first-order valence-electron chi connectivity index (χ1n) is 13.3. The second-order valence-corrected chi connectivity index (χ2v) is 12.7. The Morgan fingerprint density at radius 2 is 1.90 bits per heavy atom. The molecule has 232 valence electrons. The van der Waals surface area contributed by atoms with E-state index in [9.17, 15) is 22.5 Å². The number of anilines is 1. The van der Waals surface area contributed by atoms with Gasteiger partial charge < -0.3 is 24.5 Å². The molecule has 0 bridgehead atoms. The summed E-state index contributed by atoms with van der Waals surface area (Å²) >= 11 is 0. The van der Waals surface area contributed by atoms with Gasteiger partial charge in [-0.05, 0) is 64.3 Å². The van der Waals surface area contributed by atoms with Crippen molar-refractivity contribution in [2.75, 3.05) is 18.7 Å². The van der Waals surface area contributed by atoms with E-state index in [2.05, 4.69) is 29.9 Å². The zero-order chi connectivity index (χ0) is 31.3. The van der Waals surface area contributed by atoms with E-state index in [1.807, 2.05) is 6.92 Å². The van der Waals surface area contributed by atoms with E-state index in [1.54, 1.807) is 45.5 Å². The Morgan fingerprint density at radius 3 is 2.55 bits per heavy atom. The third-order valence-electron chi connectivity index (χ3n) is 6.18. The standard InChI is InChI=1S/C26H37F3N7O5P/c1-7-10-39-24(37)25(5,6)35-42(38,34-18(4)20-9-8-19(11-16(20)2)41-26(27,28)29)15-40-17(3)12-36-14-33-21-22(30)31-13-32-23(21)36/h8-9,11,13-14,17-18H,7,10,12,15H2,1-6H3,(H2,30,31,32)(H2,34,35,38)/t17-,18+,42?/m0/s1. The number of rotatable bonds is 14. The number of ether oxygens (including phenoxy) is 3. The van der Waals surface area contributed by atoms with Crippen LogP contribution in [0.15, 0.2) is 30.9 Å². The second kappa shape index (κ2) is 13.4. The predicted octanol–water partition coefficient (Wildman–Crippen LogP) is 4.84. The van der Waals surface area contributed by atoms with Crippen molar-refractivity contribution in [1.29, 1.82) is 0 Å². The van der Waals surface area contributed by atoms with Crippen LogP contribution >= 0.6 is 7.44 Å². The molecule has 0 spiro atoms. The third kappa shape index (κ3) is 8.87. The molecule has 12 nitrogen and oxygen atoms in total. The molecule has 0 saturated carbocycles. The van der Waals surface area contributed by atoms with Crippen LogP contribution in [0.1, 0.15) is 58.2 Å². The molecule has 4 N–H and O–H groups in total. The average Bonchev–Trinajstić information content (AvgIpc) is 3.28. The quantitative estimate of drug-likeness (QED) is 0.168. The molecule has 3 atom stereocenters. The largest absolute Gasteiger partial charge is 0.573 e. The minimum Gasteiger partial charge on any atom is -0.464 e. The number of benzene rings is 1. The molecule has 16 heteroatoms. The normalized spacial score (nSPS) is 15.3. The second-order valence-electron chi connectivity index (χ2n) is 10.5. The summed E-state index contributed by atoms with van der Waals surface area (Å²) in [6.45, 7) is 10.5. The Hall–Kier alpha value is -3.26. The molecular weight excluding hydrogens is 578 g/mol. The van der Waals surface area contributed by atoms with E-state index in [1.165, 1.54) is 24.5 Å². The molecule has 3 rings (SSSR count). The highest BCUT2D eigenvalue weighted by Gasteiger charge is 2.39. The summed E-state index contributed by atoms with van der Waals surface area (Å²) in [4.78, 5) is 25.1. The van der Waals surface area contributed by atoms with Crippen LogP contribution < -0.4 is 20.6 Å². The van der Waals surface area contributed by atoms with Crippen LogP contribution in [0, 0.1) is 6.92 Å². The van der Waals surface area contributed by atoms with Crippen LogP contribution in [0.4, 0.5) is 19.0 Å². The number of esters is 1. The van der Waals surface area contributed by atoms with Gasteiger partial charge in [-0.25, -0.2) is 25.1 Å². The van der Waals surface area contributed by atoms with Crippen molar-refractivity contribution in [2.45, 2.75) is 78.6 Å². The van der Waals surface area contributed by atoms with Crippen molar-refractivity contribution in [3.63, 3.8) is 0 Å². The summed E-state index contributed by atoms with van der Waals surface area (Å²) in [6, 6.07) is 3.26. The van der Waals surface area contributed by atoms with Crippen molar-refractivity contribution >= 4 is 30.4 Å². The Balaban J connectivity index is 1.80. The molecule has 3 aromatic rings. The molecule has 0 aliphatic rings. The molecule has 1 unspecified atom stereocenters. The highest BCUT2D eigenvalue weighted by molar-refractivity contribution is 7.59. The van der Waals surface area contributed by atoms with Crippen LogP contribution in [-0.2, 0) is 25.4 Å². The lowest BCUT2D eigenvalue weighted by Gasteiger charge is -2.33. The van der Waals surface area contributed by atoms with Gasteiger partial charge in [-0.15, -0.1) is 13.2 Å². The van der Waals surface area contributed by atoms with Gasteiger partial charge in [0.2, 0.25) is 7.44 Å². The number of halogens is 3. The maximum Gasteiger partial charge on any atom is 0.573 e. The molecule has 0 saturated heterocycles. The van der Waals surface area contributed by atoms with Crippen LogP contribution in [0.3, 0.4) is 0 Å². The zero-order valence-electron chi connectivity index (χ0n) is 24.4. The molecule has 1 aromatic carbocycles. The summed E-state index contributed by atoms with van der Waals surface area (Å²) in [5, 5.41) is 5.94. The van der Waals surface area contributed by atoms with Crippen molar-refractivity contribution in [1.82, 2.24) is 29.7 Å². The van der Waals surface area contributed by atoms with Gasteiger partial charge in [-0.1, -0.05) is 13.0 Å². The van der Waals surface area contributed by atoms with Gasteiger partial charge in [0.05, 0.1) is 25.6 Å². The van der Waals surface area contributed by atoms with Gasteiger partial charge in [0, 0.05) is 6.04 Å². The molecule has 0 radical (unpaired) electrons. The fourth-order valence-corrected chi connectivity index (χ4v) is 6.71. The number of hydrogen-bond acceptors (Lipinski definition) is 9. The highest BCUT2D eigenvalue weighted by atomic mass is 31.2. The Bertz CT molecular complexity index is 1430. The van der Waals surface area contributed by atoms with Gasteiger partial charge in [-0.3, -0.25) is 9.36 Å².